The van der Waals surface area contributed by atoms with Gasteiger partial charge in [0.05, 0.1) is 5.55 Å². The highest BCUT2D eigenvalue weighted by Gasteiger charge is 1.86. The van der Waals surface area contributed by atoms with Crippen molar-refractivity contribution in [2.75, 3.05) is 7.05 Å². The van der Waals surface area contributed by atoms with Gasteiger partial charge in [-0.2, -0.15) is 0 Å². The highest BCUT2D eigenvalue weighted by molar-refractivity contribution is 8.12. The monoisotopic (exact) mass is 152 g/mol. The van der Waals surface area contributed by atoms with Crippen LogP contribution in [0.25, 0.3) is 0 Å². The average Bonchev–Trinajstić information content (AvgIpc) is 2.03. The maximum Gasteiger partial charge on any atom is 0.102 e. The molecule has 0 aliphatic carbocycles. The van der Waals surface area contributed by atoms with Crippen molar-refractivity contribution in [2.45, 2.75) is 5.03 Å². The van der Waals surface area contributed by atoms with Crippen LogP contribution in [0.4, 0.5) is 0 Å². The Hall–Kier alpha value is -0.830. The quantitative estimate of drug-likeness (QED) is 0.367. The van der Waals surface area contributed by atoms with Crippen molar-refractivity contribution in [1.29, 1.82) is 0 Å². The summed E-state index contributed by atoms with van der Waals surface area (Å²) >= 11 is 1.52. The molecule has 10 heavy (non-hydrogen) atoms. The minimum Gasteiger partial charge on any atom is -0.289 e. The SMILES string of the molecule is CN=CSc1ccccn1. The number of aromatic nitrogens is 1. The third-order valence-electron chi connectivity index (χ3n) is 0.917. The summed E-state index contributed by atoms with van der Waals surface area (Å²) in [5, 5.41) is 0.980. The lowest BCUT2D eigenvalue weighted by Crippen LogP contribution is -1.74. The molecule has 1 aromatic heterocycles. The lowest BCUT2D eigenvalue weighted by atomic mass is 10.5. The summed E-state index contributed by atoms with van der Waals surface area (Å²) in [6, 6.07) is 5.80. The van der Waals surface area contributed by atoms with Crippen molar-refractivity contribution < 1.29 is 0 Å². The fourth-order valence-electron chi connectivity index (χ4n) is 0.524. The molecule has 0 aliphatic heterocycles. The maximum absolute atomic E-state index is 4.09. The van der Waals surface area contributed by atoms with E-state index in [1.54, 1.807) is 18.8 Å². The van der Waals surface area contributed by atoms with Gasteiger partial charge in [0.2, 0.25) is 0 Å². The van der Waals surface area contributed by atoms with E-state index in [0.717, 1.165) is 5.03 Å². The zero-order valence-electron chi connectivity index (χ0n) is 5.69. The molecule has 0 fully saturated rings. The highest BCUT2D eigenvalue weighted by Crippen LogP contribution is 2.09. The second-order valence-corrected chi connectivity index (χ2v) is 2.51. The lowest BCUT2D eigenvalue weighted by Gasteiger charge is -1.89. The van der Waals surface area contributed by atoms with E-state index in [2.05, 4.69) is 9.98 Å². The molecule has 2 nitrogen and oxygen atoms in total. The van der Waals surface area contributed by atoms with Gasteiger partial charge >= 0.3 is 0 Å². The zero-order chi connectivity index (χ0) is 7.23. The molecule has 1 rings (SSSR count). The molecule has 52 valence electrons. The number of rotatable bonds is 2. The van der Waals surface area contributed by atoms with Gasteiger partial charge in [0, 0.05) is 13.2 Å². The Morgan fingerprint density at radius 1 is 1.60 bits per heavy atom. The topological polar surface area (TPSA) is 25.2 Å². The third kappa shape index (κ3) is 2.19. The number of thioether (sulfide) groups is 1. The van der Waals surface area contributed by atoms with Crippen LogP contribution in [0.2, 0.25) is 0 Å². The van der Waals surface area contributed by atoms with Crippen molar-refractivity contribution in [3.8, 4) is 0 Å². The predicted octanol–water partition coefficient (Wildman–Crippen LogP) is 1.83. The fraction of sp³-hybridized carbons (Fsp3) is 0.143. The van der Waals surface area contributed by atoms with Crippen molar-refractivity contribution in [2.24, 2.45) is 4.99 Å². The van der Waals surface area contributed by atoms with Crippen LogP contribution < -0.4 is 0 Å². The van der Waals surface area contributed by atoms with Crippen LogP contribution in [-0.4, -0.2) is 17.6 Å². The maximum atomic E-state index is 4.09. The summed E-state index contributed by atoms with van der Waals surface area (Å²) in [6.45, 7) is 0. The molecule has 0 spiro atoms. The predicted molar refractivity (Wildman–Crippen MR) is 44.5 cm³/mol. The average molecular weight is 152 g/mol. The van der Waals surface area contributed by atoms with Crippen LogP contribution in [0, 0.1) is 0 Å². The molecule has 0 radical (unpaired) electrons. The number of aliphatic imine (C=N–C) groups is 1. The fourth-order valence-corrected chi connectivity index (χ4v) is 1.02. The Morgan fingerprint density at radius 3 is 3.10 bits per heavy atom. The smallest absolute Gasteiger partial charge is 0.102 e. The number of pyridine rings is 1. The first-order valence-electron chi connectivity index (χ1n) is 2.92. The zero-order valence-corrected chi connectivity index (χ0v) is 6.51. The molecule has 0 unspecified atom stereocenters. The molecule has 0 saturated heterocycles. The Kier molecular flexibility index (Phi) is 2.96. The Bertz CT molecular complexity index is 208. The van der Waals surface area contributed by atoms with E-state index in [4.69, 9.17) is 0 Å². The minimum absolute atomic E-state index is 0.980. The molecular formula is C7H8N2S. The van der Waals surface area contributed by atoms with E-state index in [0.29, 0.717) is 0 Å². The summed E-state index contributed by atoms with van der Waals surface area (Å²) in [7, 11) is 1.75. The van der Waals surface area contributed by atoms with Gasteiger partial charge in [-0.15, -0.1) is 0 Å². The molecule has 1 heterocycles. The van der Waals surface area contributed by atoms with Gasteiger partial charge in [-0.25, -0.2) is 4.98 Å². The van der Waals surface area contributed by atoms with Crippen LogP contribution in [0.15, 0.2) is 34.4 Å². The standard InChI is InChI=1S/C7H8N2S/c1-8-6-10-7-4-2-3-5-9-7/h2-6H,1H3. The van der Waals surface area contributed by atoms with Crippen molar-refractivity contribution in [3.63, 3.8) is 0 Å². The van der Waals surface area contributed by atoms with Gasteiger partial charge in [0.1, 0.15) is 5.03 Å². The van der Waals surface area contributed by atoms with E-state index in [9.17, 15) is 0 Å². The van der Waals surface area contributed by atoms with Gasteiger partial charge < -0.3 is 0 Å². The molecule has 0 amide bonds. The molecular weight excluding hydrogens is 144 g/mol. The molecule has 0 bridgehead atoms. The molecule has 0 atom stereocenters. The summed E-state index contributed by atoms with van der Waals surface area (Å²) in [6.07, 6.45) is 1.77. The van der Waals surface area contributed by atoms with Crippen LogP contribution in [-0.2, 0) is 0 Å². The van der Waals surface area contributed by atoms with Crippen LogP contribution in [0.3, 0.4) is 0 Å². The van der Waals surface area contributed by atoms with Crippen LogP contribution in [0.5, 0.6) is 0 Å². The van der Waals surface area contributed by atoms with E-state index >= 15 is 0 Å². The van der Waals surface area contributed by atoms with Gasteiger partial charge in [-0.3, -0.25) is 4.99 Å². The minimum atomic E-state index is 0.980. The first-order valence-corrected chi connectivity index (χ1v) is 3.80. The summed E-state index contributed by atoms with van der Waals surface area (Å²) in [5.41, 5.74) is 1.77. The molecule has 0 aliphatic rings. The van der Waals surface area contributed by atoms with Crippen LogP contribution in [0.1, 0.15) is 0 Å². The van der Waals surface area contributed by atoms with Gasteiger partial charge in [0.25, 0.3) is 0 Å². The lowest BCUT2D eigenvalue weighted by molar-refractivity contribution is 1.14. The third-order valence-corrected chi connectivity index (χ3v) is 1.72. The number of hydrogen-bond donors (Lipinski definition) is 0. The Balaban J connectivity index is 2.59. The van der Waals surface area contributed by atoms with Gasteiger partial charge in [-0.05, 0) is 12.1 Å². The second kappa shape index (κ2) is 4.06. The van der Waals surface area contributed by atoms with Crippen molar-refractivity contribution in [1.82, 2.24) is 4.98 Å². The molecule has 3 heteroatoms. The highest BCUT2D eigenvalue weighted by atomic mass is 32.2. The Labute approximate surface area is 64.4 Å². The molecule has 0 aromatic carbocycles. The molecule has 0 saturated carbocycles. The first kappa shape index (κ1) is 7.28. The van der Waals surface area contributed by atoms with E-state index < -0.39 is 0 Å². The van der Waals surface area contributed by atoms with E-state index in [1.807, 2.05) is 18.2 Å². The normalized spacial score (nSPS) is 10.5. The number of hydrogen-bond acceptors (Lipinski definition) is 3. The second-order valence-electron chi connectivity index (χ2n) is 1.65. The summed E-state index contributed by atoms with van der Waals surface area (Å²) in [5.74, 6) is 0. The summed E-state index contributed by atoms with van der Waals surface area (Å²) < 4.78 is 0. The number of nitrogens with zero attached hydrogens (tertiary/aromatic N) is 2. The van der Waals surface area contributed by atoms with Gasteiger partial charge in [0.15, 0.2) is 0 Å². The van der Waals surface area contributed by atoms with Crippen molar-refractivity contribution in [3.05, 3.63) is 24.4 Å². The Morgan fingerprint density at radius 2 is 2.50 bits per heavy atom. The molecule has 1 aromatic rings. The van der Waals surface area contributed by atoms with Crippen LogP contribution >= 0.6 is 11.8 Å². The largest absolute Gasteiger partial charge is 0.289 e. The van der Waals surface area contributed by atoms with E-state index in [1.165, 1.54) is 11.8 Å². The summed E-state index contributed by atoms with van der Waals surface area (Å²) in [4.78, 5) is 7.92. The van der Waals surface area contributed by atoms with E-state index in [-0.39, 0.29) is 0 Å². The van der Waals surface area contributed by atoms with Crippen molar-refractivity contribution >= 4 is 17.3 Å². The first-order chi connectivity index (χ1) is 4.93. The molecule has 0 N–H and O–H groups in total. The van der Waals surface area contributed by atoms with Gasteiger partial charge in [-0.1, -0.05) is 17.8 Å².